The van der Waals surface area contributed by atoms with Crippen molar-refractivity contribution < 1.29 is 19.0 Å². The fraction of sp³-hybridized carbons (Fsp3) is 0.364. The monoisotopic (exact) mass is 399 g/mol. The fourth-order valence-electron chi connectivity index (χ4n) is 2.96. The normalized spacial score (nSPS) is 11.0. The summed E-state index contributed by atoms with van der Waals surface area (Å²) in [4.78, 5) is 16.2. The van der Waals surface area contributed by atoms with E-state index in [1.54, 1.807) is 26.3 Å². The van der Waals surface area contributed by atoms with Crippen LogP contribution in [0.15, 0.2) is 41.4 Å². The highest BCUT2D eigenvalue weighted by Gasteiger charge is 2.13. The molecule has 2 rings (SSSR count). The Morgan fingerprint density at radius 1 is 1.00 bits per heavy atom. The molecule has 7 heteroatoms. The van der Waals surface area contributed by atoms with Crippen molar-refractivity contribution in [1.82, 2.24) is 10.6 Å². The van der Waals surface area contributed by atoms with Crippen LogP contribution in [0.4, 0.5) is 0 Å². The van der Waals surface area contributed by atoms with E-state index < -0.39 is 5.97 Å². The number of guanidine groups is 1. The molecule has 0 radical (unpaired) electrons. The van der Waals surface area contributed by atoms with Crippen LogP contribution >= 0.6 is 0 Å². The number of carbonyl (C=O) groups excluding carboxylic acids is 1. The van der Waals surface area contributed by atoms with Crippen molar-refractivity contribution in [2.45, 2.75) is 19.9 Å². The van der Waals surface area contributed by atoms with Crippen molar-refractivity contribution in [1.29, 1.82) is 0 Å². The predicted molar refractivity (Wildman–Crippen MR) is 114 cm³/mol. The summed E-state index contributed by atoms with van der Waals surface area (Å²) in [6.45, 7) is 3.27. The minimum Gasteiger partial charge on any atom is -0.496 e. The Labute approximate surface area is 172 Å². The Balaban J connectivity index is 1.94. The molecular weight excluding hydrogens is 370 g/mol. The number of hydrogen-bond acceptors (Lipinski definition) is 5. The first-order chi connectivity index (χ1) is 14.0. The van der Waals surface area contributed by atoms with Crippen LogP contribution in [-0.2, 0) is 17.7 Å². The van der Waals surface area contributed by atoms with Gasteiger partial charge >= 0.3 is 5.97 Å². The zero-order chi connectivity index (χ0) is 21.2. The fourth-order valence-corrected chi connectivity index (χ4v) is 2.96. The third-order valence-corrected chi connectivity index (χ3v) is 4.48. The van der Waals surface area contributed by atoms with Crippen LogP contribution < -0.4 is 20.1 Å². The Kier molecular flexibility index (Phi) is 8.33. The minimum atomic E-state index is -0.432. The number of aliphatic imine (C=N–C) groups is 1. The van der Waals surface area contributed by atoms with Gasteiger partial charge in [0.05, 0.1) is 21.3 Å². The Hall–Kier alpha value is -3.22. The van der Waals surface area contributed by atoms with Gasteiger partial charge in [-0.05, 0) is 42.7 Å². The molecule has 0 aliphatic rings. The van der Waals surface area contributed by atoms with E-state index >= 15 is 0 Å². The highest BCUT2D eigenvalue weighted by atomic mass is 16.5. The zero-order valence-corrected chi connectivity index (χ0v) is 17.7. The molecular formula is C22H29N3O4. The van der Waals surface area contributed by atoms with Crippen LogP contribution in [0.5, 0.6) is 11.5 Å². The van der Waals surface area contributed by atoms with E-state index in [0.29, 0.717) is 30.4 Å². The SMILES string of the molecule is CN=C(NCCc1cc(C)ccc1OC)NCc1ccc(OC)c(C(=O)OC)c1. The van der Waals surface area contributed by atoms with E-state index in [-0.39, 0.29) is 0 Å². The second-order valence-corrected chi connectivity index (χ2v) is 6.44. The Morgan fingerprint density at radius 3 is 2.38 bits per heavy atom. The molecule has 0 aliphatic carbocycles. The number of esters is 1. The molecule has 0 bridgehead atoms. The number of hydrogen-bond donors (Lipinski definition) is 2. The lowest BCUT2D eigenvalue weighted by atomic mass is 10.1. The molecule has 156 valence electrons. The van der Waals surface area contributed by atoms with E-state index in [1.165, 1.54) is 19.8 Å². The number of nitrogens with one attached hydrogen (secondary N) is 2. The number of nitrogens with zero attached hydrogens (tertiary/aromatic N) is 1. The molecule has 0 saturated carbocycles. The van der Waals surface area contributed by atoms with Crippen LogP contribution in [-0.4, -0.2) is 46.9 Å². The predicted octanol–water partition coefficient (Wildman–Crippen LogP) is 2.71. The minimum absolute atomic E-state index is 0.392. The van der Waals surface area contributed by atoms with Crippen LogP contribution in [0.1, 0.15) is 27.0 Å². The maximum absolute atomic E-state index is 11.9. The average molecular weight is 399 g/mol. The Bertz CT molecular complexity index is 865. The molecule has 0 amide bonds. The third-order valence-electron chi connectivity index (χ3n) is 4.48. The van der Waals surface area contributed by atoms with Crippen molar-refractivity contribution in [2.24, 2.45) is 4.99 Å². The van der Waals surface area contributed by atoms with Crippen molar-refractivity contribution in [3.63, 3.8) is 0 Å². The summed E-state index contributed by atoms with van der Waals surface area (Å²) >= 11 is 0. The van der Waals surface area contributed by atoms with Gasteiger partial charge in [-0.2, -0.15) is 0 Å². The molecule has 2 aromatic carbocycles. The molecule has 0 unspecified atom stereocenters. The van der Waals surface area contributed by atoms with E-state index in [4.69, 9.17) is 14.2 Å². The first kappa shape index (κ1) is 22.1. The van der Waals surface area contributed by atoms with Gasteiger partial charge < -0.3 is 24.8 Å². The molecule has 0 aliphatic heterocycles. The summed E-state index contributed by atoms with van der Waals surface area (Å²) in [6.07, 6.45) is 0.806. The molecule has 2 N–H and O–H groups in total. The lowest BCUT2D eigenvalue weighted by Gasteiger charge is -2.14. The second-order valence-electron chi connectivity index (χ2n) is 6.44. The van der Waals surface area contributed by atoms with Gasteiger partial charge in [0.2, 0.25) is 0 Å². The lowest BCUT2D eigenvalue weighted by Crippen LogP contribution is -2.37. The summed E-state index contributed by atoms with van der Waals surface area (Å²) < 4.78 is 15.5. The van der Waals surface area contributed by atoms with Gasteiger partial charge in [-0.25, -0.2) is 4.79 Å². The smallest absolute Gasteiger partial charge is 0.341 e. The lowest BCUT2D eigenvalue weighted by molar-refractivity contribution is 0.0597. The first-order valence-corrected chi connectivity index (χ1v) is 9.35. The largest absolute Gasteiger partial charge is 0.496 e. The van der Waals surface area contributed by atoms with Gasteiger partial charge in [-0.15, -0.1) is 0 Å². The molecule has 0 heterocycles. The van der Waals surface area contributed by atoms with Crippen LogP contribution in [0.2, 0.25) is 0 Å². The standard InChI is InChI=1S/C22H29N3O4/c1-15-6-8-19(27-3)17(12-15)10-11-24-22(23-2)25-14-16-7-9-20(28-4)18(13-16)21(26)29-5/h6-9,12-13H,10-11,14H2,1-5H3,(H2,23,24,25). The maximum Gasteiger partial charge on any atom is 0.341 e. The van der Waals surface area contributed by atoms with E-state index in [0.717, 1.165) is 23.3 Å². The molecule has 0 fully saturated rings. The molecule has 0 saturated heterocycles. The summed E-state index contributed by atoms with van der Waals surface area (Å²) in [5.41, 5.74) is 3.65. The van der Waals surface area contributed by atoms with Gasteiger partial charge in [0.25, 0.3) is 0 Å². The quantitative estimate of drug-likeness (QED) is 0.404. The third kappa shape index (κ3) is 6.14. The number of carbonyl (C=O) groups is 1. The van der Waals surface area contributed by atoms with Crippen LogP contribution in [0, 0.1) is 6.92 Å². The van der Waals surface area contributed by atoms with Gasteiger partial charge in [-0.1, -0.05) is 23.8 Å². The average Bonchev–Trinajstić information content (AvgIpc) is 2.75. The van der Waals surface area contributed by atoms with Gasteiger partial charge in [0, 0.05) is 20.1 Å². The van der Waals surface area contributed by atoms with E-state index in [9.17, 15) is 4.79 Å². The molecule has 0 spiro atoms. The van der Waals surface area contributed by atoms with Gasteiger partial charge in [0.1, 0.15) is 17.1 Å². The molecule has 29 heavy (non-hydrogen) atoms. The van der Waals surface area contributed by atoms with Crippen molar-refractivity contribution >= 4 is 11.9 Å². The number of ether oxygens (including phenoxy) is 3. The molecule has 0 atom stereocenters. The van der Waals surface area contributed by atoms with E-state index in [2.05, 4.69) is 28.6 Å². The molecule has 0 aromatic heterocycles. The summed E-state index contributed by atoms with van der Waals surface area (Å²) in [6, 6.07) is 11.5. The maximum atomic E-state index is 11.9. The summed E-state index contributed by atoms with van der Waals surface area (Å²) in [5, 5.41) is 6.55. The number of benzene rings is 2. The number of aryl methyl sites for hydroxylation is 1. The van der Waals surface area contributed by atoms with E-state index in [1.807, 2.05) is 18.2 Å². The molecule has 7 nitrogen and oxygen atoms in total. The highest BCUT2D eigenvalue weighted by Crippen LogP contribution is 2.21. The highest BCUT2D eigenvalue weighted by molar-refractivity contribution is 5.92. The zero-order valence-electron chi connectivity index (χ0n) is 17.7. The van der Waals surface area contributed by atoms with Gasteiger partial charge in [0.15, 0.2) is 5.96 Å². The molecule has 2 aromatic rings. The number of methoxy groups -OCH3 is 3. The van der Waals surface area contributed by atoms with Crippen molar-refractivity contribution in [3.8, 4) is 11.5 Å². The second kappa shape index (κ2) is 10.9. The van der Waals surface area contributed by atoms with Crippen molar-refractivity contribution in [2.75, 3.05) is 34.9 Å². The first-order valence-electron chi connectivity index (χ1n) is 9.35. The summed E-state index contributed by atoms with van der Waals surface area (Å²) in [5.74, 6) is 1.61. The summed E-state index contributed by atoms with van der Waals surface area (Å²) in [7, 11) is 6.27. The van der Waals surface area contributed by atoms with Crippen LogP contribution in [0.3, 0.4) is 0 Å². The van der Waals surface area contributed by atoms with Crippen molar-refractivity contribution in [3.05, 3.63) is 58.7 Å². The van der Waals surface area contributed by atoms with Gasteiger partial charge in [-0.3, -0.25) is 4.99 Å². The Morgan fingerprint density at radius 2 is 1.72 bits per heavy atom. The topological polar surface area (TPSA) is 81.2 Å². The van der Waals surface area contributed by atoms with Crippen LogP contribution in [0.25, 0.3) is 0 Å². The number of rotatable bonds is 8.